The Morgan fingerprint density at radius 2 is 1.69 bits per heavy atom. The van der Waals surface area contributed by atoms with Crippen molar-refractivity contribution >= 4 is 23.5 Å². The molecule has 4 rings (SSSR count). The molecule has 162 valence electrons. The zero-order valence-corrected chi connectivity index (χ0v) is 17.9. The lowest BCUT2D eigenvalue weighted by Crippen LogP contribution is -2.43. The normalized spacial score (nSPS) is 17.6. The van der Waals surface area contributed by atoms with Crippen molar-refractivity contribution in [3.05, 3.63) is 102 Å². The smallest absolute Gasteiger partial charge is 0.264 e. The van der Waals surface area contributed by atoms with Crippen LogP contribution < -0.4 is 9.64 Å². The molecule has 0 aliphatic carbocycles. The van der Waals surface area contributed by atoms with Gasteiger partial charge in [-0.2, -0.15) is 0 Å². The molecule has 1 unspecified atom stereocenters. The summed E-state index contributed by atoms with van der Waals surface area (Å²) in [7, 11) is 0. The van der Waals surface area contributed by atoms with Gasteiger partial charge in [-0.05, 0) is 36.3 Å². The Morgan fingerprint density at radius 1 is 1.00 bits per heavy atom. The zero-order valence-electron chi connectivity index (χ0n) is 17.9. The summed E-state index contributed by atoms with van der Waals surface area (Å²) in [5, 5.41) is 11.3. The predicted octanol–water partition coefficient (Wildman–Crippen LogP) is 4.28. The van der Waals surface area contributed by atoms with Gasteiger partial charge in [-0.15, -0.1) is 0 Å². The maximum Gasteiger partial charge on any atom is 0.264 e. The van der Waals surface area contributed by atoms with E-state index in [1.54, 1.807) is 24.3 Å². The van der Waals surface area contributed by atoms with E-state index in [0.717, 1.165) is 16.9 Å². The van der Waals surface area contributed by atoms with E-state index in [9.17, 15) is 14.7 Å². The molecule has 1 heterocycles. The van der Waals surface area contributed by atoms with Crippen LogP contribution >= 0.6 is 0 Å². The molecule has 0 saturated carbocycles. The van der Waals surface area contributed by atoms with Crippen molar-refractivity contribution in [1.29, 1.82) is 0 Å². The topological polar surface area (TPSA) is 66.8 Å². The number of aliphatic hydroxyl groups is 1. The van der Waals surface area contributed by atoms with Crippen molar-refractivity contribution in [2.75, 3.05) is 18.1 Å². The Bertz CT molecular complexity index is 1160. The number of hydrogen-bond acceptors (Lipinski definition) is 4. The largest absolute Gasteiger partial charge is 0.491 e. The molecule has 3 aromatic rings. The van der Waals surface area contributed by atoms with E-state index < -0.39 is 11.5 Å². The quantitative estimate of drug-likeness (QED) is 0.545. The van der Waals surface area contributed by atoms with Crippen LogP contribution in [0.2, 0.25) is 0 Å². The fraction of sp³-hybridized carbons (Fsp3) is 0.185. The van der Waals surface area contributed by atoms with Crippen LogP contribution in [0.25, 0.3) is 6.08 Å². The maximum atomic E-state index is 13.2. The van der Waals surface area contributed by atoms with Gasteiger partial charge in [0.2, 0.25) is 0 Å². The molecule has 0 bridgehead atoms. The number of benzene rings is 3. The highest BCUT2D eigenvalue weighted by Gasteiger charge is 2.50. The minimum absolute atomic E-state index is 0.264. The molecule has 0 fully saturated rings. The predicted molar refractivity (Wildman–Crippen MR) is 124 cm³/mol. The van der Waals surface area contributed by atoms with E-state index >= 15 is 0 Å². The highest BCUT2D eigenvalue weighted by molar-refractivity contribution is 6.10. The lowest BCUT2D eigenvalue weighted by atomic mass is 9.90. The van der Waals surface area contributed by atoms with Gasteiger partial charge in [-0.1, -0.05) is 72.8 Å². The number of aryl methyl sites for hydroxylation is 1. The van der Waals surface area contributed by atoms with E-state index in [0.29, 0.717) is 11.3 Å². The molecule has 1 aliphatic heterocycles. The molecule has 5 heteroatoms. The Morgan fingerprint density at radius 3 is 2.47 bits per heavy atom. The first-order valence-electron chi connectivity index (χ1n) is 10.6. The molecule has 1 N–H and O–H groups in total. The van der Waals surface area contributed by atoms with Gasteiger partial charge in [0.05, 0.1) is 18.7 Å². The van der Waals surface area contributed by atoms with Crippen molar-refractivity contribution < 1.29 is 19.4 Å². The third kappa shape index (κ3) is 4.34. The van der Waals surface area contributed by atoms with Gasteiger partial charge >= 0.3 is 0 Å². The van der Waals surface area contributed by atoms with Gasteiger partial charge in [0.15, 0.2) is 11.4 Å². The van der Waals surface area contributed by atoms with Gasteiger partial charge in [-0.25, -0.2) is 0 Å². The number of amides is 1. The number of ether oxygens (including phenoxy) is 1. The molecule has 5 nitrogen and oxygen atoms in total. The zero-order chi connectivity index (χ0) is 22.6. The van der Waals surface area contributed by atoms with Crippen LogP contribution in [0.3, 0.4) is 0 Å². The molecular formula is C27H25NO4. The summed E-state index contributed by atoms with van der Waals surface area (Å²) in [6.45, 7) is 2.49. The van der Waals surface area contributed by atoms with Crippen LogP contribution in [0.1, 0.15) is 23.1 Å². The SMILES string of the molecule is Cc1ccccc1OCCN1C(=O)C(O)(CC(=O)/C=C/c2ccccc2)c2ccccc21. The fourth-order valence-corrected chi connectivity index (χ4v) is 3.93. The molecule has 1 aliphatic rings. The van der Waals surface area contributed by atoms with Gasteiger partial charge in [0.1, 0.15) is 12.4 Å². The number of para-hydroxylation sites is 2. The van der Waals surface area contributed by atoms with Gasteiger partial charge in [0, 0.05) is 5.56 Å². The summed E-state index contributed by atoms with van der Waals surface area (Å²) in [5.74, 6) is -0.0741. The van der Waals surface area contributed by atoms with Crippen LogP contribution in [0.4, 0.5) is 5.69 Å². The standard InChI is InChI=1S/C27H25NO4/c1-20-9-5-8-14-25(20)32-18-17-28-24-13-7-6-12-23(24)27(31,26(28)30)19-22(29)16-15-21-10-3-2-4-11-21/h2-16,31H,17-19H2,1H3/b16-15+. The van der Waals surface area contributed by atoms with E-state index in [4.69, 9.17) is 4.74 Å². The number of nitrogens with zero attached hydrogens (tertiary/aromatic N) is 1. The van der Waals surface area contributed by atoms with E-state index in [2.05, 4.69) is 0 Å². The van der Waals surface area contributed by atoms with Crippen LogP contribution in [0, 0.1) is 6.92 Å². The monoisotopic (exact) mass is 427 g/mol. The molecule has 0 spiro atoms. The fourth-order valence-electron chi connectivity index (χ4n) is 3.93. The average Bonchev–Trinajstić information content (AvgIpc) is 3.01. The minimum Gasteiger partial charge on any atom is -0.491 e. The number of hydrogen-bond donors (Lipinski definition) is 1. The maximum absolute atomic E-state index is 13.2. The van der Waals surface area contributed by atoms with Gasteiger partial charge in [0.25, 0.3) is 5.91 Å². The number of carbonyl (C=O) groups is 2. The number of carbonyl (C=O) groups excluding carboxylic acids is 2. The van der Waals surface area contributed by atoms with Crippen LogP contribution in [-0.2, 0) is 15.2 Å². The number of fused-ring (bicyclic) bond motifs is 1. The third-order valence-electron chi connectivity index (χ3n) is 5.60. The Balaban J connectivity index is 1.49. The average molecular weight is 428 g/mol. The molecule has 32 heavy (non-hydrogen) atoms. The summed E-state index contributed by atoms with van der Waals surface area (Å²) in [6.07, 6.45) is 2.78. The highest BCUT2D eigenvalue weighted by Crippen LogP contribution is 2.42. The lowest BCUT2D eigenvalue weighted by molar-refractivity contribution is -0.140. The Hall–Kier alpha value is -3.70. The van der Waals surface area contributed by atoms with Crippen molar-refractivity contribution in [3.63, 3.8) is 0 Å². The second-order valence-corrected chi connectivity index (χ2v) is 7.84. The van der Waals surface area contributed by atoms with Gasteiger partial charge < -0.3 is 14.7 Å². The van der Waals surface area contributed by atoms with Crippen LogP contribution in [0.15, 0.2) is 84.9 Å². The highest BCUT2D eigenvalue weighted by atomic mass is 16.5. The second kappa shape index (κ2) is 9.20. The molecule has 0 saturated heterocycles. The Labute approximate surface area is 187 Å². The third-order valence-corrected chi connectivity index (χ3v) is 5.60. The first-order valence-corrected chi connectivity index (χ1v) is 10.6. The van der Waals surface area contributed by atoms with Crippen molar-refractivity contribution in [2.24, 2.45) is 0 Å². The minimum atomic E-state index is -1.89. The number of allylic oxidation sites excluding steroid dienone is 1. The van der Waals surface area contributed by atoms with Gasteiger partial charge in [-0.3, -0.25) is 9.59 Å². The van der Waals surface area contributed by atoms with Crippen LogP contribution in [-0.4, -0.2) is 29.9 Å². The van der Waals surface area contributed by atoms with E-state index in [1.165, 1.54) is 11.0 Å². The summed E-state index contributed by atoms with van der Waals surface area (Å²) < 4.78 is 5.85. The summed E-state index contributed by atoms with van der Waals surface area (Å²) >= 11 is 0. The van der Waals surface area contributed by atoms with Crippen LogP contribution in [0.5, 0.6) is 5.75 Å². The number of anilines is 1. The lowest BCUT2D eigenvalue weighted by Gasteiger charge is -2.22. The van der Waals surface area contributed by atoms with Crippen molar-refractivity contribution in [3.8, 4) is 5.75 Å². The first kappa shape index (κ1) is 21.5. The summed E-state index contributed by atoms with van der Waals surface area (Å²) in [6, 6.07) is 24.1. The molecule has 0 radical (unpaired) electrons. The van der Waals surface area contributed by atoms with Crippen molar-refractivity contribution in [1.82, 2.24) is 0 Å². The van der Waals surface area contributed by atoms with E-state index in [-0.39, 0.29) is 25.4 Å². The van der Waals surface area contributed by atoms with E-state index in [1.807, 2.05) is 67.6 Å². The number of ketones is 1. The summed E-state index contributed by atoms with van der Waals surface area (Å²) in [5.41, 5.74) is 1.04. The molecule has 3 aromatic carbocycles. The first-order chi connectivity index (χ1) is 15.5. The second-order valence-electron chi connectivity index (χ2n) is 7.84. The molecule has 1 amide bonds. The summed E-state index contributed by atoms with van der Waals surface area (Å²) in [4.78, 5) is 27.4. The van der Waals surface area contributed by atoms with Crippen molar-refractivity contribution in [2.45, 2.75) is 18.9 Å². The molecule has 1 atom stereocenters. The Kier molecular flexibility index (Phi) is 6.19. The molecule has 0 aromatic heterocycles. The number of rotatable bonds is 8. The molecular weight excluding hydrogens is 402 g/mol.